The van der Waals surface area contributed by atoms with Gasteiger partial charge in [-0.2, -0.15) is 0 Å². The maximum Gasteiger partial charge on any atom is 0.0319 e. The van der Waals surface area contributed by atoms with Crippen molar-refractivity contribution in [3.05, 3.63) is 59.7 Å². The minimum absolute atomic E-state index is 0.817. The first-order chi connectivity index (χ1) is 7.60. The van der Waals surface area contributed by atoms with Crippen LogP contribution in [0.4, 0.5) is 5.69 Å². The highest BCUT2D eigenvalue weighted by molar-refractivity contribution is 5.80. The van der Waals surface area contributed by atoms with Gasteiger partial charge in [-0.25, -0.2) is 0 Å². The van der Waals surface area contributed by atoms with Gasteiger partial charge in [0.1, 0.15) is 0 Å². The molecule has 84 valence electrons. The van der Waals surface area contributed by atoms with Crippen molar-refractivity contribution >= 4 is 11.3 Å². The molecule has 0 aliphatic rings. The number of anilines is 1. The third kappa shape index (κ3) is 2.63. The number of aryl methyl sites for hydroxylation is 2. The Morgan fingerprint density at radius 1 is 1.25 bits per heavy atom. The number of nitrogens with two attached hydrogens (primary N) is 1. The van der Waals surface area contributed by atoms with Crippen molar-refractivity contribution in [1.82, 2.24) is 0 Å². The molecule has 0 spiro atoms. The molecule has 0 saturated heterocycles. The molecule has 1 aromatic rings. The van der Waals surface area contributed by atoms with E-state index in [9.17, 15) is 0 Å². The Morgan fingerprint density at radius 2 is 1.81 bits per heavy atom. The van der Waals surface area contributed by atoms with Crippen LogP contribution in [0, 0.1) is 13.8 Å². The second kappa shape index (κ2) is 5.36. The highest BCUT2D eigenvalue weighted by Gasteiger charge is 2.06. The molecule has 0 fully saturated rings. The topological polar surface area (TPSA) is 26.0 Å². The van der Waals surface area contributed by atoms with Crippen LogP contribution in [0.15, 0.2) is 43.0 Å². The Bertz CT molecular complexity index is 427. The Balaban J connectivity index is 3.41. The van der Waals surface area contributed by atoms with Crippen LogP contribution in [-0.2, 0) is 0 Å². The van der Waals surface area contributed by atoms with E-state index in [2.05, 4.69) is 26.5 Å². The van der Waals surface area contributed by atoms with Gasteiger partial charge in [-0.05, 0) is 55.2 Å². The lowest BCUT2D eigenvalue weighted by Gasteiger charge is -2.12. The smallest absolute Gasteiger partial charge is 0.0319 e. The van der Waals surface area contributed by atoms with Gasteiger partial charge in [-0.1, -0.05) is 30.9 Å². The summed E-state index contributed by atoms with van der Waals surface area (Å²) in [7, 11) is 0. The summed E-state index contributed by atoms with van der Waals surface area (Å²) in [5.41, 5.74) is 11.4. The van der Waals surface area contributed by atoms with Crippen molar-refractivity contribution in [3.63, 3.8) is 0 Å². The second-order valence-electron chi connectivity index (χ2n) is 3.89. The van der Waals surface area contributed by atoms with Crippen LogP contribution in [0.3, 0.4) is 0 Å². The number of rotatable bonds is 3. The van der Waals surface area contributed by atoms with Crippen molar-refractivity contribution in [1.29, 1.82) is 0 Å². The largest absolute Gasteiger partial charge is 0.399 e. The third-order valence-corrected chi connectivity index (χ3v) is 2.49. The van der Waals surface area contributed by atoms with Crippen LogP contribution in [0.1, 0.15) is 23.6 Å². The normalized spacial score (nSPS) is 12.1. The predicted molar refractivity (Wildman–Crippen MR) is 73.3 cm³/mol. The fourth-order valence-corrected chi connectivity index (χ4v) is 1.98. The van der Waals surface area contributed by atoms with Crippen molar-refractivity contribution in [2.24, 2.45) is 0 Å². The lowest BCUT2D eigenvalue weighted by molar-refractivity contribution is 1.34. The van der Waals surface area contributed by atoms with E-state index in [1.807, 2.05) is 37.3 Å². The molecule has 0 aliphatic heterocycles. The molecule has 1 heteroatoms. The molecule has 0 radical (unpaired) electrons. The molecule has 0 saturated carbocycles. The summed E-state index contributed by atoms with van der Waals surface area (Å²) in [4.78, 5) is 0. The van der Waals surface area contributed by atoms with Crippen LogP contribution in [0.5, 0.6) is 0 Å². The summed E-state index contributed by atoms with van der Waals surface area (Å²) in [5, 5.41) is 0. The molecule has 16 heavy (non-hydrogen) atoms. The first-order valence-corrected chi connectivity index (χ1v) is 5.42. The number of hydrogen-bond acceptors (Lipinski definition) is 1. The minimum atomic E-state index is 0.817. The molecule has 0 unspecified atom stereocenters. The van der Waals surface area contributed by atoms with Gasteiger partial charge in [0.25, 0.3) is 0 Å². The second-order valence-corrected chi connectivity index (χ2v) is 3.89. The van der Waals surface area contributed by atoms with E-state index in [1.54, 1.807) is 0 Å². The van der Waals surface area contributed by atoms with Crippen molar-refractivity contribution in [2.75, 3.05) is 5.73 Å². The van der Waals surface area contributed by atoms with Crippen molar-refractivity contribution in [3.8, 4) is 0 Å². The quantitative estimate of drug-likeness (QED) is 0.595. The molecular formula is C15H19N. The molecule has 0 heterocycles. The van der Waals surface area contributed by atoms with Gasteiger partial charge in [0, 0.05) is 5.69 Å². The Hall–Kier alpha value is -1.76. The van der Waals surface area contributed by atoms with Crippen molar-refractivity contribution < 1.29 is 0 Å². The first-order valence-electron chi connectivity index (χ1n) is 5.42. The summed E-state index contributed by atoms with van der Waals surface area (Å²) < 4.78 is 0. The fourth-order valence-electron chi connectivity index (χ4n) is 1.98. The average Bonchev–Trinajstić information content (AvgIpc) is 2.16. The number of nitrogen functional groups attached to an aromatic ring is 1. The number of benzene rings is 1. The van der Waals surface area contributed by atoms with E-state index in [0.29, 0.717) is 0 Å². The van der Waals surface area contributed by atoms with Crippen LogP contribution in [0.25, 0.3) is 5.57 Å². The third-order valence-electron chi connectivity index (χ3n) is 2.49. The molecular weight excluding hydrogens is 194 g/mol. The lowest BCUT2D eigenvalue weighted by Crippen LogP contribution is -1.95. The van der Waals surface area contributed by atoms with E-state index in [4.69, 9.17) is 5.73 Å². The van der Waals surface area contributed by atoms with E-state index < -0.39 is 0 Å². The monoisotopic (exact) mass is 213 g/mol. The zero-order chi connectivity index (χ0) is 12.1. The van der Waals surface area contributed by atoms with Crippen LogP contribution in [0.2, 0.25) is 0 Å². The zero-order valence-electron chi connectivity index (χ0n) is 10.2. The molecule has 2 N–H and O–H groups in total. The molecule has 1 aromatic carbocycles. The summed E-state index contributed by atoms with van der Waals surface area (Å²) >= 11 is 0. The van der Waals surface area contributed by atoms with Crippen LogP contribution >= 0.6 is 0 Å². The van der Waals surface area contributed by atoms with Gasteiger partial charge in [0.2, 0.25) is 0 Å². The molecule has 0 atom stereocenters. The minimum Gasteiger partial charge on any atom is -0.399 e. The highest BCUT2D eigenvalue weighted by Crippen LogP contribution is 2.26. The Labute approximate surface area is 98.0 Å². The molecule has 0 amide bonds. The van der Waals surface area contributed by atoms with E-state index in [-0.39, 0.29) is 0 Å². The van der Waals surface area contributed by atoms with Gasteiger partial charge in [-0.15, -0.1) is 0 Å². The Kier molecular flexibility index (Phi) is 4.12. The molecule has 0 bridgehead atoms. The average molecular weight is 213 g/mol. The van der Waals surface area contributed by atoms with Gasteiger partial charge >= 0.3 is 0 Å². The van der Waals surface area contributed by atoms with Crippen LogP contribution in [-0.4, -0.2) is 0 Å². The van der Waals surface area contributed by atoms with Gasteiger partial charge in [0.15, 0.2) is 0 Å². The van der Waals surface area contributed by atoms with Crippen LogP contribution < -0.4 is 5.73 Å². The number of allylic oxidation sites excluding steroid dienone is 5. The maximum atomic E-state index is 5.82. The first kappa shape index (κ1) is 12.3. The standard InChI is InChI=1S/C15H19N/c1-5-7-13(8-6-2)15-11(3)9-14(16)10-12(15)4/h5-10H,1,16H2,2-4H3. The van der Waals surface area contributed by atoms with E-state index in [0.717, 1.165) is 5.69 Å². The zero-order valence-corrected chi connectivity index (χ0v) is 10.2. The lowest BCUT2D eigenvalue weighted by atomic mass is 9.94. The summed E-state index contributed by atoms with van der Waals surface area (Å²) in [5.74, 6) is 0. The van der Waals surface area contributed by atoms with Crippen molar-refractivity contribution in [2.45, 2.75) is 20.8 Å². The van der Waals surface area contributed by atoms with Gasteiger partial charge in [0.05, 0.1) is 0 Å². The van der Waals surface area contributed by atoms with E-state index in [1.165, 1.54) is 22.3 Å². The highest BCUT2D eigenvalue weighted by atomic mass is 14.5. The number of hydrogen-bond donors (Lipinski definition) is 1. The summed E-state index contributed by atoms with van der Waals surface area (Å²) in [6.45, 7) is 9.93. The van der Waals surface area contributed by atoms with Gasteiger partial charge < -0.3 is 5.73 Å². The molecule has 0 aliphatic carbocycles. The van der Waals surface area contributed by atoms with Gasteiger partial charge in [-0.3, -0.25) is 0 Å². The van der Waals surface area contributed by atoms with E-state index >= 15 is 0 Å². The SMILES string of the molecule is C=CC=C(C=CC)c1c(C)cc(N)cc1C. The molecule has 1 nitrogen and oxygen atoms in total. The maximum absolute atomic E-state index is 5.82. The Morgan fingerprint density at radius 3 is 2.25 bits per heavy atom. The predicted octanol–water partition coefficient (Wildman–Crippen LogP) is 4.03. The summed E-state index contributed by atoms with van der Waals surface area (Å²) in [6.07, 6.45) is 7.95. The molecule has 0 aromatic heterocycles. The summed E-state index contributed by atoms with van der Waals surface area (Å²) in [6, 6.07) is 4.01. The fraction of sp³-hybridized carbons (Fsp3) is 0.200. The molecule has 1 rings (SSSR count).